The number of ether oxygens (including phenoxy) is 2. The molecule has 1 aliphatic rings. The summed E-state index contributed by atoms with van der Waals surface area (Å²) in [5, 5.41) is 12.1. The van der Waals surface area contributed by atoms with E-state index in [1.54, 1.807) is 12.1 Å². The Morgan fingerprint density at radius 3 is 3.14 bits per heavy atom. The van der Waals surface area contributed by atoms with Crippen LogP contribution >= 0.6 is 0 Å². The van der Waals surface area contributed by atoms with Crippen LogP contribution in [-0.2, 0) is 16.0 Å². The van der Waals surface area contributed by atoms with E-state index in [0.29, 0.717) is 24.5 Å². The molecule has 0 amide bonds. The Bertz CT molecular complexity index is 584. The van der Waals surface area contributed by atoms with Gasteiger partial charge in [-0.2, -0.15) is 4.80 Å². The first-order valence-electron chi connectivity index (χ1n) is 7.08. The molecule has 1 saturated heterocycles. The monoisotopic (exact) mass is 292 g/mol. The smallest absolute Gasteiger partial charge is 0.205 e. The zero-order chi connectivity index (χ0) is 14.5. The normalized spacial score (nSPS) is 18.8. The average Bonchev–Trinajstić information content (AvgIpc) is 2.97. The van der Waals surface area contributed by atoms with Gasteiger partial charge in [-0.1, -0.05) is 12.1 Å². The van der Waals surface area contributed by atoms with Crippen molar-refractivity contribution >= 4 is 0 Å². The van der Waals surface area contributed by atoms with Crippen LogP contribution in [0.1, 0.15) is 19.3 Å². The highest BCUT2D eigenvalue weighted by Crippen LogP contribution is 2.15. The molecule has 7 heteroatoms. The standard InChI is InChI=1S/C14H17FN4O2/c15-12-5-3-4-11(10-12)14-16-18-19(17-14)7-9-21-13-6-1-2-8-20-13/h3-5,10,13H,1-2,6-9H2. The van der Waals surface area contributed by atoms with Crippen molar-refractivity contribution in [1.29, 1.82) is 0 Å². The third-order valence-corrected chi connectivity index (χ3v) is 3.27. The largest absolute Gasteiger partial charge is 0.353 e. The van der Waals surface area contributed by atoms with Crippen molar-refractivity contribution in [3.8, 4) is 11.4 Å². The van der Waals surface area contributed by atoms with Crippen LogP contribution in [0.4, 0.5) is 4.39 Å². The van der Waals surface area contributed by atoms with Gasteiger partial charge >= 0.3 is 0 Å². The number of nitrogens with zero attached hydrogens (tertiary/aromatic N) is 4. The number of tetrazole rings is 1. The van der Waals surface area contributed by atoms with Crippen molar-refractivity contribution in [2.45, 2.75) is 32.1 Å². The van der Waals surface area contributed by atoms with Crippen LogP contribution in [-0.4, -0.2) is 39.7 Å². The minimum Gasteiger partial charge on any atom is -0.353 e. The van der Waals surface area contributed by atoms with Gasteiger partial charge in [-0.25, -0.2) is 4.39 Å². The van der Waals surface area contributed by atoms with Crippen LogP contribution in [0.5, 0.6) is 0 Å². The molecule has 3 rings (SSSR count). The molecule has 0 bridgehead atoms. The van der Waals surface area contributed by atoms with E-state index >= 15 is 0 Å². The van der Waals surface area contributed by atoms with Crippen LogP contribution in [0.15, 0.2) is 24.3 Å². The number of rotatable bonds is 5. The molecule has 1 unspecified atom stereocenters. The van der Waals surface area contributed by atoms with Gasteiger partial charge in [0.2, 0.25) is 5.82 Å². The molecule has 6 nitrogen and oxygen atoms in total. The lowest BCUT2D eigenvalue weighted by Crippen LogP contribution is -2.24. The third-order valence-electron chi connectivity index (χ3n) is 3.27. The van der Waals surface area contributed by atoms with E-state index in [-0.39, 0.29) is 12.1 Å². The summed E-state index contributed by atoms with van der Waals surface area (Å²) in [6.07, 6.45) is 3.04. The van der Waals surface area contributed by atoms with E-state index < -0.39 is 0 Å². The highest BCUT2D eigenvalue weighted by molar-refractivity contribution is 5.53. The van der Waals surface area contributed by atoms with Crippen LogP contribution in [0.3, 0.4) is 0 Å². The fourth-order valence-corrected chi connectivity index (χ4v) is 2.19. The van der Waals surface area contributed by atoms with E-state index in [2.05, 4.69) is 15.4 Å². The Morgan fingerprint density at radius 2 is 2.33 bits per heavy atom. The van der Waals surface area contributed by atoms with Crippen molar-refractivity contribution in [2.24, 2.45) is 0 Å². The van der Waals surface area contributed by atoms with E-state index in [9.17, 15) is 4.39 Å². The van der Waals surface area contributed by atoms with Crippen molar-refractivity contribution in [3.05, 3.63) is 30.1 Å². The van der Waals surface area contributed by atoms with Gasteiger partial charge in [0.1, 0.15) is 5.82 Å². The van der Waals surface area contributed by atoms with Gasteiger partial charge in [-0.3, -0.25) is 0 Å². The van der Waals surface area contributed by atoms with Crippen molar-refractivity contribution in [2.75, 3.05) is 13.2 Å². The summed E-state index contributed by atoms with van der Waals surface area (Å²) in [6.45, 7) is 1.71. The minimum absolute atomic E-state index is 0.120. The summed E-state index contributed by atoms with van der Waals surface area (Å²) in [7, 11) is 0. The topological polar surface area (TPSA) is 62.1 Å². The van der Waals surface area contributed by atoms with Crippen molar-refractivity contribution in [1.82, 2.24) is 20.2 Å². The Kier molecular flexibility index (Phi) is 4.52. The fourth-order valence-electron chi connectivity index (χ4n) is 2.19. The van der Waals surface area contributed by atoms with Gasteiger partial charge in [0.15, 0.2) is 6.29 Å². The predicted octanol–water partition coefficient (Wildman–Crippen LogP) is 2.02. The quantitative estimate of drug-likeness (QED) is 0.843. The van der Waals surface area contributed by atoms with E-state index in [1.165, 1.54) is 16.9 Å². The second-order valence-corrected chi connectivity index (χ2v) is 4.89. The molecule has 1 aliphatic heterocycles. The number of benzene rings is 1. The second-order valence-electron chi connectivity index (χ2n) is 4.89. The molecule has 0 aliphatic carbocycles. The van der Waals surface area contributed by atoms with Gasteiger partial charge in [0.05, 0.1) is 13.2 Å². The third kappa shape index (κ3) is 3.83. The van der Waals surface area contributed by atoms with E-state index in [4.69, 9.17) is 9.47 Å². The first-order chi connectivity index (χ1) is 10.3. The van der Waals surface area contributed by atoms with Gasteiger partial charge in [-0.15, -0.1) is 10.2 Å². The van der Waals surface area contributed by atoms with Crippen molar-refractivity contribution in [3.63, 3.8) is 0 Å². The fraction of sp³-hybridized carbons (Fsp3) is 0.500. The SMILES string of the molecule is Fc1cccc(-c2nnn(CCOC3CCCCO3)n2)c1. The molecule has 0 N–H and O–H groups in total. The Balaban J connectivity index is 1.53. The first-order valence-corrected chi connectivity index (χ1v) is 7.08. The number of halogens is 1. The Labute approximate surface area is 121 Å². The summed E-state index contributed by atoms with van der Waals surface area (Å²) in [6, 6.07) is 6.13. The number of aromatic nitrogens is 4. The zero-order valence-electron chi connectivity index (χ0n) is 11.6. The highest BCUT2D eigenvalue weighted by Gasteiger charge is 2.14. The van der Waals surface area contributed by atoms with Crippen LogP contribution in [0.25, 0.3) is 11.4 Å². The molecule has 0 saturated carbocycles. The molecule has 1 fully saturated rings. The van der Waals surface area contributed by atoms with Gasteiger partial charge < -0.3 is 9.47 Å². The van der Waals surface area contributed by atoms with Crippen LogP contribution < -0.4 is 0 Å². The van der Waals surface area contributed by atoms with Gasteiger partial charge in [0, 0.05) is 12.2 Å². The molecule has 2 aromatic rings. The lowest BCUT2D eigenvalue weighted by atomic mass is 10.2. The van der Waals surface area contributed by atoms with Crippen molar-refractivity contribution < 1.29 is 13.9 Å². The average molecular weight is 292 g/mol. The molecule has 0 radical (unpaired) electrons. The summed E-state index contributed by atoms with van der Waals surface area (Å²) in [5.41, 5.74) is 0.609. The molecule has 1 aromatic heterocycles. The van der Waals surface area contributed by atoms with Gasteiger partial charge in [-0.05, 0) is 36.6 Å². The van der Waals surface area contributed by atoms with E-state index in [0.717, 1.165) is 25.9 Å². The second kappa shape index (κ2) is 6.73. The maximum atomic E-state index is 13.2. The summed E-state index contributed by atoms with van der Waals surface area (Å²) in [5.74, 6) is 0.0880. The highest BCUT2D eigenvalue weighted by atomic mass is 19.1. The van der Waals surface area contributed by atoms with Crippen LogP contribution in [0.2, 0.25) is 0 Å². The Hall–Kier alpha value is -1.86. The zero-order valence-corrected chi connectivity index (χ0v) is 11.6. The maximum absolute atomic E-state index is 13.2. The lowest BCUT2D eigenvalue weighted by molar-refractivity contribution is -0.164. The molecule has 2 heterocycles. The molecule has 21 heavy (non-hydrogen) atoms. The number of hydrogen-bond acceptors (Lipinski definition) is 5. The minimum atomic E-state index is -0.318. The molecule has 0 spiro atoms. The molecular formula is C14H17FN4O2. The van der Waals surface area contributed by atoms with E-state index in [1.807, 2.05) is 0 Å². The van der Waals surface area contributed by atoms with Crippen LogP contribution in [0, 0.1) is 5.82 Å². The Morgan fingerprint density at radius 1 is 1.38 bits per heavy atom. The molecule has 1 atom stereocenters. The lowest BCUT2D eigenvalue weighted by Gasteiger charge is -2.22. The maximum Gasteiger partial charge on any atom is 0.205 e. The summed E-state index contributed by atoms with van der Waals surface area (Å²) >= 11 is 0. The van der Waals surface area contributed by atoms with Gasteiger partial charge in [0.25, 0.3) is 0 Å². The summed E-state index contributed by atoms with van der Waals surface area (Å²) < 4.78 is 24.2. The predicted molar refractivity (Wildman–Crippen MR) is 72.8 cm³/mol. The molecular weight excluding hydrogens is 275 g/mol. The number of hydrogen-bond donors (Lipinski definition) is 0. The summed E-state index contributed by atoms with van der Waals surface area (Å²) in [4.78, 5) is 1.45. The molecule has 112 valence electrons. The molecule has 1 aromatic carbocycles. The first kappa shape index (κ1) is 14.1.